The molecule has 2 nitrogen and oxygen atoms in total. The minimum Gasteiger partial charge on any atom is -0.455 e. The van der Waals surface area contributed by atoms with Gasteiger partial charge in [-0.3, -0.25) is 0 Å². The Labute approximate surface area is 362 Å². The van der Waals surface area contributed by atoms with Gasteiger partial charge in [-0.25, -0.2) is 0 Å². The van der Waals surface area contributed by atoms with Gasteiger partial charge in [0.05, 0.1) is 0 Å². The zero-order chi connectivity index (χ0) is 41.2. The van der Waals surface area contributed by atoms with Gasteiger partial charge in [-0.1, -0.05) is 194 Å². The number of hydrogen-bond acceptors (Lipinski definition) is 2. The molecule has 0 N–H and O–H groups in total. The van der Waals surface area contributed by atoms with Gasteiger partial charge in [0.25, 0.3) is 0 Å². The van der Waals surface area contributed by atoms with Crippen molar-refractivity contribution in [2.24, 2.45) is 0 Å². The Morgan fingerprint density at radius 1 is 0.258 bits per heavy atom. The second-order valence-corrected chi connectivity index (χ2v) is 15.7. The van der Waals surface area contributed by atoms with Crippen molar-refractivity contribution in [2.75, 3.05) is 4.90 Å². The highest BCUT2D eigenvalue weighted by Crippen LogP contribution is 2.42. The fraction of sp³-hybridized carbons (Fsp3) is 0. The Morgan fingerprint density at radius 2 is 0.677 bits per heavy atom. The number of anilines is 3. The van der Waals surface area contributed by atoms with Crippen LogP contribution in [0.25, 0.3) is 88.7 Å². The summed E-state index contributed by atoms with van der Waals surface area (Å²) in [5.74, 6) is 0.887. The van der Waals surface area contributed by atoms with Crippen molar-refractivity contribution in [1.29, 1.82) is 0 Å². The van der Waals surface area contributed by atoms with E-state index < -0.39 is 0 Å². The molecule has 10 aromatic carbocycles. The second kappa shape index (κ2) is 16.1. The molecule has 0 radical (unpaired) electrons. The van der Waals surface area contributed by atoms with Crippen LogP contribution in [0.1, 0.15) is 0 Å². The van der Waals surface area contributed by atoms with E-state index in [0.29, 0.717) is 0 Å². The van der Waals surface area contributed by atoms with E-state index in [-0.39, 0.29) is 0 Å². The minimum atomic E-state index is 0.887. The van der Waals surface area contributed by atoms with Gasteiger partial charge < -0.3 is 9.32 Å². The lowest BCUT2D eigenvalue weighted by Gasteiger charge is -2.26. The van der Waals surface area contributed by atoms with Crippen LogP contribution in [0.15, 0.2) is 253 Å². The first kappa shape index (κ1) is 36.8. The van der Waals surface area contributed by atoms with Crippen LogP contribution in [-0.4, -0.2) is 0 Å². The SMILES string of the molecule is c1ccc(-c2cccc(-c3ccc(N(c4ccc(-c5ccc(-c6cccc(-c7oc8ccccc8c7-c7ccccc7)c6)cc5)cc4)c4ccc5ccccc5c4)cc3)c2)cc1. The number of para-hydroxylation sites is 1. The normalized spacial score (nSPS) is 11.2. The summed E-state index contributed by atoms with van der Waals surface area (Å²) in [4.78, 5) is 2.35. The van der Waals surface area contributed by atoms with Gasteiger partial charge in [0, 0.05) is 33.6 Å². The molecule has 0 spiro atoms. The summed E-state index contributed by atoms with van der Waals surface area (Å²) in [6, 6.07) is 88.9. The van der Waals surface area contributed by atoms with Crippen molar-refractivity contribution in [3.8, 4) is 67.0 Å². The van der Waals surface area contributed by atoms with Gasteiger partial charge in [-0.05, 0) is 115 Å². The van der Waals surface area contributed by atoms with Crippen molar-refractivity contribution >= 4 is 38.8 Å². The molecule has 0 atom stereocenters. The largest absolute Gasteiger partial charge is 0.455 e. The summed E-state index contributed by atoms with van der Waals surface area (Å²) >= 11 is 0. The molecule has 1 heterocycles. The van der Waals surface area contributed by atoms with Crippen molar-refractivity contribution in [3.05, 3.63) is 249 Å². The molecule has 0 fully saturated rings. The quantitative estimate of drug-likeness (QED) is 0.145. The van der Waals surface area contributed by atoms with Crippen LogP contribution >= 0.6 is 0 Å². The van der Waals surface area contributed by atoms with Gasteiger partial charge in [0.2, 0.25) is 0 Å². The third-order valence-electron chi connectivity index (χ3n) is 11.9. The van der Waals surface area contributed by atoms with Crippen LogP contribution in [-0.2, 0) is 0 Å². The maximum absolute atomic E-state index is 6.55. The molecule has 0 unspecified atom stereocenters. The molecule has 0 aliphatic rings. The number of rotatable bonds is 9. The van der Waals surface area contributed by atoms with E-state index in [9.17, 15) is 0 Å². The first-order chi connectivity index (χ1) is 30.7. The zero-order valence-corrected chi connectivity index (χ0v) is 34.0. The lowest BCUT2D eigenvalue weighted by Crippen LogP contribution is -2.09. The Bertz CT molecular complexity index is 3310. The number of hydrogen-bond donors (Lipinski definition) is 0. The first-order valence-electron chi connectivity index (χ1n) is 21.2. The van der Waals surface area contributed by atoms with E-state index in [0.717, 1.165) is 67.2 Å². The summed E-state index contributed by atoms with van der Waals surface area (Å²) in [5.41, 5.74) is 17.0. The van der Waals surface area contributed by atoms with Gasteiger partial charge in [0.15, 0.2) is 0 Å². The van der Waals surface area contributed by atoms with E-state index >= 15 is 0 Å². The van der Waals surface area contributed by atoms with Crippen molar-refractivity contribution in [2.45, 2.75) is 0 Å². The monoisotopic (exact) mass is 791 g/mol. The molecule has 1 aromatic heterocycles. The van der Waals surface area contributed by atoms with Gasteiger partial charge in [-0.2, -0.15) is 0 Å². The first-order valence-corrected chi connectivity index (χ1v) is 21.2. The number of fused-ring (bicyclic) bond motifs is 2. The van der Waals surface area contributed by atoms with Crippen LogP contribution in [0.3, 0.4) is 0 Å². The molecule has 11 rings (SSSR count). The predicted octanol–water partition coefficient (Wildman–Crippen LogP) is 17.1. The highest BCUT2D eigenvalue weighted by Gasteiger charge is 2.18. The highest BCUT2D eigenvalue weighted by molar-refractivity contribution is 6.02. The molecule has 62 heavy (non-hydrogen) atoms. The third-order valence-corrected chi connectivity index (χ3v) is 11.9. The predicted molar refractivity (Wildman–Crippen MR) is 261 cm³/mol. The Hall–Kier alpha value is -8.20. The lowest BCUT2D eigenvalue weighted by molar-refractivity contribution is 0.632. The van der Waals surface area contributed by atoms with E-state index in [1.54, 1.807) is 0 Å². The molecule has 292 valence electrons. The molecule has 11 aromatic rings. The van der Waals surface area contributed by atoms with Crippen LogP contribution in [0, 0.1) is 0 Å². The maximum Gasteiger partial charge on any atom is 0.143 e. The number of nitrogens with zero attached hydrogens (tertiary/aromatic N) is 1. The van der Waals surface area contributed by atoms with E-state index in [1.807, 2.05) is 12.1 Å². The summed E-state index contributed by atoms with van der Waals surface area (Å²) in [6.45, 7) is 0. The average Bonchev–Trinajstić information content (AvgIpc) is 3.75. The van der Waals surface area contributed by atoms with Crippen LogP contribution < -0.4 is 4.90 Å². The second-order valence-electron chi connectivity index (χ2n) is 15.7. The zero-order valence-electron chi connectivity index (χ0n) is 34.0. The molecule has 0 saturated carbocycles. The summed E-state index contributed by atoms with van der Waals surface area (Å²) in [5, 5.41) is 3.55. The van der Waals surface area contributed by atoms with Crippen LogP contribution in [0.4, 0.5) is 17.1 Å². The smallest absolute Gasteiger partial charge is 0.143 e. The summed E-state index contributed by atoms with van der Waals surface area (Å²) in [7, 11) is 0. The lowest BCUT2D eigenvalue weighted by atomic mass is 9.95. The third kappa shape index (κ3) is 7.14. The molecule has 0 bridgehead atoms. The van der Waals surface area contributed by atoms with Gasteiger partial charge in [-0.15, -0.1) is 0 Å². The maximum atomic E-state index is 6.55. The van der Waals surface area contributed by atoms with Crippen molar-refractivity contribution in [1.82, 2.24) is 0 Å². The summed E-state index contributed by atoms with van der Waals surface area (Å²) < 4.78 is 6.55. The van der Waals surface area contributed by atoms with Crippen molar-refractivity contribution in [3.63, 3.8) is 0 Å². The Balaban J connectivity index is 0.892. The van der Waals surface area contributed by atoms with Gasteiger partial charge >= 0.3 is 0 Å². The number of benzene rings is 10. The van der Waals surface area contributed by atoms with E-state index in [2.05, 4.69) is 241 Å². The van der Waals surface area contributed by atoms with Crippen LogP contribution in [0.5, 0.6) is 0 Å². The molecular weight excluding hydrogens is 751 g/mol. The fourth-order valence-corrected chi connectivity index (χ4v) is 8.71. The van der Waals surface area contributed by atoms with E-state index in [1.165, 1.54) is 38.6 Å². The van der Waals surface area contributed by atoms with Crippen LogP contribution in [0.2, 0.25) is 0 Å². The molecule has 0 amide bonds. The van der Waals surface area contributed by atoms with Gasteiger partial charge in [0.1, 0.15) is 11.3 Å². The fourth-order valence-electron chi connectivity index (χ4n) is 8.71. The molecule has 0 aliphatic carbocycles. The molecule has 0 aliphatic heterocycles. The molecular formula is C60H41NO. The Kier molecular flexibility index (Phi) is 9.57. The number of furan rings is 1. The Morgan fingerprint density at radius 3 is 1.29 bits per heavy atom. The topological polar surface area (TPSA) is 16.4 Å². The summed E-state index contributed by atoms with van der Waals surface area (Å²) in [6.07, 6.45) is 0. The van der Waals surface area contributed by atoms with E-state index in [4.69, 9.17) is 4.42 Å². The molecule has 2 heteroatoms. The minimum absolute atomic E-state index is 0.887. The molecule has 0 saturated heterocycles. The average molecular weight is 792 g/mol. The standard InChI is InChI=1S/C60H41NO/c1-3-13-42(14-4-1)49-19-11-20-50(39-49)47-31-36-55(37-32-47)61(56-38-33-43-15-7-8-18-52(43)41-56)54-34-29-45(30-35-54)44-25-27-46(28-26-44)51-21-12-22-53(40-51)60-59(48-16-5-2-6-17-48)57-23-9-10-24-58(57)62-60/h1-41H. The highest BCUT2D eigenvalue weighted by atomic mass is 16.3. The van der Waals surface area contributed by atoms with Crippen molar-refractivity contribution < 1.29 is 4.42 Å².